The van der Waals surface area contributed by atoms with Crippen molar-refractivity contribution in [3.8, 4) is 0 Å². The lowest BCUT2D eigenvalue weighted by Crippen LogP contribution is -2.02. The first kappa shape index (κ1) is 13.3. The van der Waals surface area contributed by atoms with E-state index in [1.165, 1.54) is 6.07 Å². The summed E-state index contributed by atoms with van der Waals surface area (Å²) in [6.45, 7) is 1.73. The molecule has 1 aromatic heterocycles. The second-order valence-corrected chi connectivity index (χ2v) is 4.75. The second kappa shape index (κ2) is 5.36. The van der Waals surface area contributed by atoms with Gasteiger partial charge in [-0.15, -0.1) is 0 Å². The Morgan fingerprint density at radius 2 is 1.86 bits per heavy atom. The molecule has 0 radical (unpaired) electrons. The van der Waals surface area contributed by atoms with Gasteiger partial charge in [-0.3, -0.25) is 0 Å². The van der Waals surface area contributed by atoms with Gasteiger partial charge in [0.1, 0.15) is 11.6 Å². The number of aromatic nitrogens is 2. The smallest absolute Gasteiger partial charge is 0.224 e. The summed E-state index contributed by atoms with van der Waals surface area (Å²) < 4.78 is 13.3. The third-order valence-electron chi connectivity index (χ3n) is 3.25. The number of anilines is 3. The number of nitrogens with one attached hydrogen (secondary N) is 2. The summed E-state index contributed by atoms with van der Waals surface area (Å²) in [5.41, 5.74) is 2.23. The maximum absolute atomic E-state index is 13.3. The van der Waals surface area contributed by atoms with Crippen LogP contribution in [0.15, 0.2) is 42.5 Å². The average molecular weight is 282 g/mol. The predicted octanol–water partition coefficient (Wildman–Crippen LogP) is 3.86. The lowest BCUT2D eigenvalue weighted by Gasteiger charge is -2.11. The number of hydrogen-bond acceptors (Lipinski definition) is 4. The zero-order chi connectivity index (χ0) is 14.8. The number of rotatable bonds is 3. The van der Waals surface area contributed by atoms with E-state index in [1.807, 2.05) is 24.3 Å². The fourth-order valence-electron chi connectivity index (χ4n) is 2.14. The highest BCUT2D eigenvalue weighted by atomic mass is 19.1. The molecule has 0 amide bonds. The number of para-hydroxylation sites is 1. The number of aryl methyl sites for hydroxylation is 1. The number of hydrogen-bond donors (Lipinski definition) is 2. The van der Waals surface area contributed by atoms with Gasteiger partial charge in [0, 0.05) is 18.1 Å². The number of nitrogens with zero attached hydrogens (tertiary/aromatic N) is 2. The summed E-state index contributed by atoms with van der Waals surface area (Å²) in [5.74, 6) is 1.01. The highest BCUT2D eigenvalue weighted by Gasteiger charge is 2.07. The van der Waals surface area contributed by atoms with Crippen LogP contribution < -0.4 is 10.6 Å². The molecular weight excluding hydrogens is 267 g/mol. The van der Waals surface area contributed by atoms with Crippen LogP contribution in [0.5, 0.6) is 0 Å². The van der Waals surface area contributed by atoms with Gasteiger partial charge < -0.3 is 10.6 Å². The predicted molar refractivity (Wildman–Crippen MR) is 83.5 cm³/mol. The van der Waals surface area contributed by atoms with Crippen molar-refractivity contribution in [3.63, 3.8) is 0 Å². The normalized spacial score (nSPS) is 10.6. The molecule has 1 heterocycles. The van der Waals surface area contributed by atoms with Gasteiger partial charge in [0.2, 0.25) is 5.95 Å². The Kier molecular flexibility index (Phi) is 3.39. The van der Waals surface area contributed by atoms with Crippen LogP contribution in [0.25, 0.3) is 10.9 Å². The lowest BCUT2D eigenvalue weighted by molar-refractivity contribution is 0.619. The molecule has 4 nitrogen and oxygen atoms in total. The molecule has 0 spiro atoms. The third-order valence-corrected chi connectivity index (χ3v) is 3.25. The van der Waals surface area contributed by atoms with Crippen LogP contribution in [-0.4, -0.2) is 17.0 Å². The summed E-state index contributed by atoms with van der Waals surface area (Å²) in [5, 5.41) is 7.09. The summed E-state index contributed by atoms with van der Waals surface area (Å²) >= 11 is 0. The topological polar surface area (TPSA) is 49.8 Å². The Morgan fingerprint density at radius 1 is 1.05 bits per heavy atom. The van der Waals surface area contributed by atoms with Gasteiger partial charge in [0.15, 0.2) is 0 Å². The number of benzene rings is 2. The van der Waals surface area contributed by atoms with E-state index >= 15 is 0 Å². The molecule has 2 aromatic carbocycles. The van der Waals surface area contributed by atoms with Gasteiger partial charge in [-0.05, 0) is 42.8 Å². The number of halogens is 1. The van der Waals surface area contributed by atoms with Gasteiger partial charge in [-0.2, -0.15) is 4.98 Å². The van der Waals surface area contributed by atoms with Gasteiger partial charge in [-0.25, -0.2) is 9.37 Å². The van der Waals surface area contributed by atoms with E-state index in [1.54, 1.807) is 26.1 Å². The largest absolute Gasteiger partial charge is 0.357 e. The molecule has 0 saturated heterocycles. The molecule has 106 valence electrons. The Balaban J connectivity index is 2.08. The van der Waals surface area contributed by atoms with Gasteiger partial charge in [-0.1, -0.05) is 12.1 Å². The minimum atomic E-state index is -0.219. The first-order chi connectivity index (χ1) is 10.2. The molecule has 2 N–H and O–H groups in total. The van der Waals surface area contributed by atoms with Crippen LogP contribution in [0.3, 0.4) is 0 Å². The van der Waals surface area contributed by atoms with E-state index in [-0.39, 0.29) is 5.82 Å². The van der Waals surface area contributed by atoms with E-state index < -0.39 is 0 Å². The lowest BCUT2D eigenvalue weighted by atomic mass is 10.2. The van der Waals surface area contributed by atoms with Gasteiger partial charge in [0.25, 0.3) is 0 Å². The molecule has 5 heteroatoms. The summed E-state index contributed by atoms with van der Waals surface area (Å²) in [6, 6.07) is 12.6. The molecule has 0 atom stereocenters. The van der Waals surface area contributed by atoms with Crippen molar-refractivity contribution in [1.29, 1.82) is 0 Å². The quantitative estimate of drug-likeness (QED) is 0.766. The van der Waals surface area contributed by atoms with Crippen LogP contribution in [-0.2, 0) is 0 Å². The van der Waals surface area contributed by atoms with Crippen LogP contribution in [0, 0.1) is 12.7 Å². The van der Waals surface area contributed by atoms with Crippen molar-refractivity contribution in [2.75, 3.05) is 17.7 Å². The standard InChI is InChI=1S/C16H15FN4/c1-10-9-11(7-8-13(10)17)19-15-12-5-3-4-6-14(12)20-16(18-2)21-15/h3-9H,1-2H3,(H2,18,19,20,21). The maximum atomic E-state index is 13.3. The molecule has 0 aliphatic carbocycles. The van der Waals surface area contributed by atoms with Crippen molar-refractivity contribution >= 4 is 28.4 Å². The molecular formula is C16H15FN4. The van der Waals surface area contributed by atoms with Crippen LogP contribution >= 0.6 is 0 Å². The molecule has 0 aliphatic heterocycles. The number of fused-ring (bicyclic) bond motifs is 1. The van der Waals surface area contributed by atoms with E-state index in [4.69, 9.17) is 0 Å². The Morgan fingerprint density at radius 3 is 2.62 bits per heavy atom. The minimum absolute atomic E-state index is 0.219. The molecule has 0 aliphatic rings. The Bertz CT molecular complexity index is 801. The SMILES string of the molecule is CNc1nc(Nc2ccc(F)c(C)c2)c2ccccc2n1. The minimum Gasteiger partial charge on any atom is -0.357 e. The van der Waals surface area contributed by atoms with Gasteiger partial charge >= 0.3 is 0 Å². The van der Waals surface area contributed by atoms with Crippen LogP contribution in [0.4, 0.5) is 21.8 Å². The van der Waals surface area contributed by atoms with Crippen LogP contribution in [0.1, 0.15) is 5.56 Å². The fraction of sp³-hybridized carbons (Fsp3) is 0.125. The highest BCUT2D eigenvalue weighted by Crippen LogP contribution is 2.25. The monoisotopic (exact) mass is 282 g/mol. The van der Waals surface area contributed by atoms with Crippen molar-refractivity contribution < 1.29 is 4.39 Å². The fourth-order valence-corrected chi connectivity index (χ4v) is 2.14. The van der Waals surface area contributed by atoms with Crippen molar-refractivity contribution in [1.82, 2.24) is 9.97 Å². The molecule has 0 saturated carbocycles. The van der Waals surface area contributed by atoms with Crippen molar-refractivity contribution in [2.24, 2.45) is 0 Å². The van der Waals surface area contributed by atoms with E-state index in [9.17, 15) is 4.39 Å². The van der Waals surface area contributed by atoms with Gasteiger partial charge in [0.05, 0.1) is 5.52 Å². The second-order valence-electron chi connectivity index (χ2n) is 4.75. The molecule has 3 rings (SSSR count). The molecule has 0 bridgehead atoms. The zero-order valence-electron chi connectivity index (χ0n) is 11.8. The first-order valence-corrected chi connectivity index (χ1v) is 6.65. The summed E-state index contributed by atoms with van der Waals surface area (Å²) in [7, 11) is 1.77. The Labute approximate surface area is 122 Å². The van der Waals surface area contributed by atoms with Crippen molar-refractivity contribution in [3.05, 3.63) is 53.8 Å². The molecule has 21 heavy (non-hydrogen) atoms. The Hall–Kier alpha value is -2.69. The first-order valence-electron chi connectivity index (χ1n) is 6.65. The molecule has 3 aromatic rings. The summed E-state index contributed by atoms with van der Waals surface area (Å²) in [6.07, 6.45) is 0. The molecule has 0 fully saturated rings. The average Bonchev–Trinajstić information content (AvgIpc) is 2.51. The van der Waals surface area contributed by atoms with Crippen LogP contribution in [0.2, 0.25) is 0 Å². The zero-order valence-corrected chi connectivity index (χ0v) is 11.8. The van der Waals surface area contributed by atoms with Crippen molar-refractivity contribution in [2.45, 2.75) is 6.92 Å². The van der Waals surface area contributed by atoms with E-state index in [2.05, 4.69) is 20.6 Å². The van der Waals surface area contributed by atoms with E-state index in [0.29, 0.717) is 17.3 Å². The third kappa shape index (κ3) is 2.63. The maximum Gasteiger partial charge on any atom is 0.224 e. The summed E-state index contributed by atoms with van der Waals surface area (Å²) in [4.78, 5) is 8.85. The highest BCUT2D eigenvalue weighted by molar-refractivity contribution is 5.91. The van der Waals surface area contributed by atoms with E-state index in [0.717, 1.165) is 16.6 Å². The molecule has 0 unspecified atom stereocenters.